The lowest BCUT2D eigenvalue weighted by Crippen LogP contribution is -2.36. The topological polar surface area (TPSA) is 75.2 Å². The summed E-state index contributed by atoms with van der Waals surface area (Å²) in [6.07, 6.45) is 1.41. The first-order valence-electron chi connectivity index (χ1n) is 8.66. The van der Waals surface area contributed by atoms with Crippen molar-refractivity contribution in [3.8, 4) is 5.69 Å². The molecule has 1 N–H and O–H groups in total. The molecule has 6 nitrogen and oxygen atoms in total. The first kappa shape index (κ1) is 18.4. The number of amides is 1. The molecule has 1 aliphatic heterocycles. The van der Waals surface area contributed by atoms with Gasteiger partial charge < -0.3 is 4.90 Å². The van der Waals surface area contributed by atoms with Gasteiger partial charge in [-0.05, 0) is 48.7 Å². The van der Waals surface area contributed by atoms with Gasteiger partial charge >= 0.3 is 0 Å². The molecule has 1 amide bonds. The van der Waals surface area contributed by atoms with Crippen LogP contribution in [-0.2, 0) is 6.42 Å². The first-order chi connectivity index (χ1) is 13.4. The van der Waals surface area contributed by atoms with Crippen LogP contribution in [0, 0.1) is 5.82 Å². The highest BCUT2D eigenvalue weighted by Gasteiger charge is 2.27. The van der Waals surface area contributed by atoms with Gasteiger partial charge in [-0.1, -0.05) is 22.0 Å². The molecule has 0 saturated heterocycles. The highest BCUT2D eigenvalue weighted by Crippen LogP contribution is 2.33. The second-order valence-corrected chi connectivity index (χ2v) is 7.40. The molecular formula is C20H15BrFN3O3. The summed E-state index contributed by atoms with van der Waals surface area (Å²) in [5.74, 6) is -0.826. The summed E-state index contributed by atoms with van der Waals surface area (Å²) in [7, 11) is 0. The van der Waals surface area contributed by atoms with E-state index in [1.54, 1.807) is 18.2 Å². The van der Waals surface area contributed by atoms with E-state index in [0.717, 1.165) is 28.8 Å². The van der Waals surface area contributed by atoms with Crippen LogP contribution in [-0.4, -0.2) is 22.2 Å². The van der Waals surface area contributed by atoms with Crippen molar-refractivity contribution in [2.75, 3.05) is 11.4 Å². The van der Waals surface area contributed by atoms with Crippen molar-refractivity contribution in [2.45, 2.75) is 12.8 Å². The van der Waals surface area contributed by atoms with Gasteiger partial charge in [0.25, 0.3) is 17.0 Å². The molecule has 0 radical (unpaired) electrons. The normalized spacial score (nSPS) is 13.3. The Hall–Kier alpha value is -3.00. The number of hydrogen-bond acceptors (Lipinski definition) is 3. The summed E-state index contributed by atoms with van der Waals surface area (Å²) in [5.41, 5.74) is 0.838. The zero-order valence-electron chi connectivity index (χ0n) is 14.6. The zero-order valence-corrected chi connectivity index (χ0v) is 16.2. The van der Waals surface area contributed by atoms with Crippen molar-refractivity contribution in [1.29, 1.82) is 0 Å². The van der Waals surface area contributed by atoms with Crippen LogP contribution in [0.4, 0.5) is 10.1 Å². The average Bonchev–Trinajstić information content (AvgIpc) is 2.68. The zero-order chi connectivity index (χ0) is 19.8. The number of carbonyl (C=O) groups excluding carboxylic acids is 1. The number of rotatable bonds is 2. The van der Waals surface area contributed by atoms with E-state index in [0.29, 0.717) is 28.7 Å². The molecule has 0 unspecified atom stereocenters. The Labute approximate surface area is 167 Å². The van der Waals surface area contributed by atoms with Crippen LogP contribution in [0.15, 0.2) is 62.6 Å². The number of halogens is 2. The van der Waals surface area contributed by atoms with E-state index in [1.165, 1.54) is 17.0 Å². The molecule has 28 heavy (non-hydrogen) atoms. The third-order valence-corrected chi connectivity index (χ3v) is 5.08. The molecule has 2 aromatic carbocycles. The van der Waals surface area contributed by atoms with E-state index in [1.807, 2.05) is 6.07 Å². The maximum Gasteiger partial charge on any atom is 0.269 e. The largest absolute Gasteiger partial charge is 0.305 e. The van der Waals surface area contributed by atoms with Gasteiger partial charge in [-0.3, -0.25) is 19.5 Å². The molecule has 8 heteroatoms. The molecule has 0 atom stereocenters. The summed E-state index contributed by atoms with van der Waals surface area (Å²) < 4.78 is 16.3. The fourth-order valence-corrected chi connectivity index (χ4v) is 3.88. The van der Waals surface area contributed by atoms with Crippen LogP contribution in [0.1, 0.15) is 22.3 Å². The molecule has 0 aliphatic carbocycles. The van der Waals surface area contributed by atoms with Crippen molar-refractivity contribution < 1.29 is 9.18 Å². The first-order valence-corrected chi connectivity index (χ1v) is 9.46. The highest BCUT2D eigenvalue weighted by atomic mass is 79.9. The minimum atomic E-state index is -0.461. The van der Waals surface area contributed by atoms with Crippen LogP contribution < -0.4 is 16.0 Å². The van der Waals surface area contributed by atoms with Crippen LogP contribution in [0.2, 0.25) is 0 Å². The number of aryl methyl sites for hydroxylation is 1. The number of benzene rings is 2. The van der Waals surface area contributed by atoms with Gasteiger partial charge in [0.1, 0.15) is 5.82 Å². The highest BCUT2D eigenvalue weighted by molar-refractivity contribution is 9.10. The number of fused-ring (bicyclic) bond motifs is 1. The van der Waals surface area contributed by atoms with Crippen molar-refractivity contribution >= 4 is 27.5 Å². The molecule has 3 aromatic rings. The maximum absolute atomic E-state index is 14.6. The fourth-order valence-electron chi connectivity index (χ4n) is 3.40. The predicted octanol–water partition coefficient (Wildman–Crippen LogP) is 3.02. The van der Waals surface area contributed by atoms with E-state index in [4.69, 9.17) is 0 Å². The van der Waals surface area contributed by atoms with Crippen molar-refractivity contribution in [2.24, 2.45) is 0 Å². The molecule has 2 heterocycles. The number of H-pyrrole nitrogens is 1. The summed E-state index contributed by atoms with van der Waals surface area (Å²) >= 11 is 3.29. The monoisotopic (exact) mass is 443 g/mol. The number of nitrogens with zero attached hydrogens (tertiary/aromatic N) is 2. The third kappa shape index (κ3) is 3.31. The lowest BCUT2D eigenvalue weighted by atomic mass is 10.00. The van der Waals surface area contributed by atoms with Crippen LogP contribution >= 0.6 is 15.9 Å². The van der Waals surface area contributed by atoms with Gasteiger partial charge in [0.05, 0.1) is 11.4 Å². The Morgan fingerprint density at radius 3 is 2.75 bits per heavy atom. The summed E-state index contributed by atoms with van der Waals surface area (Å²) in [5, 5.41) is 2.43. The van der Waals surface area contributed by atoms with Gasteiger partial charge in [0.2, 0.25) is 0 Å². The number of anilines is 1. The Kier molecular flexibility index (Phi) is 4.72. The third-order valence-electron chi connectivity index (χ3n) is 4.62. The van der Waals surface area contributed by atoms with Crippen LogP contribution in [0.3, 0.4) is 0 Å². The van der Waals surface area contributed by atoms with Gasteiger partial charge in [0.15, 0.2) is 0 Å². The van der Waals surface area contributed by atoms with Crippen LogP contribution in [0.5, 0.6) is 0 Å². The Morgan fingerprint density at radius 2 is 1.93 bits per heavy atom. The molecule has 4 rings (SSSR count). The van der Waals surface area contributed by atoms with E-state index >= 15 is 0 Å². The lowest BCUT2D eigenvalue weighted by Gasteiger charge is -2.30. The fraction of sp³-hybridized carbons (Fsp3) is 0.150. The van der Waals surface area contributed by atoms with E-state index in [2.05, 4.69) is 21.0 Å². The maximum atomic E-state index is 14.6. The van der Waals surface area contributed by atoms with Gasteiger partial charge in [-0.25, -0.2) is 9.07 Å². The number of aromatic nitrogens is 2. The summed E-state index contributed by atoms with van der Waals surface area (Å²) in [4.78, 5) is 38.1. The van der Waals surface area contributed by atoms with Crippen molar-refractivity contribution in [1.82, 2.24) is 9.78 Å². The number of nitrogens with one attached hydrogen (secondary N) is 1. The Morgan fingerprint density at radius 1 is 1.11 bits per heavy atom. The molecule has 0 saturated carbocycles. The second-order valence-electron chi connectivity index (χ2n) is 6.49. The predicted molar refractivity (Wildman–Crippen MR) is 107 cm³/mol. The van der Waals surface area contributed by atoms with E-state index in [9.17, 15) is 18.8 Å². The standard InChI is InChI=1S/C20H15BrFN3O3/c21-14-9-12-4-2-8-24(19(12)16(22)11-14)20(28)13-3-1-5-15(10-13)25-18(27)7-6-17(26)23-25/h1,3,5-7,9-11H,2,4,8H2,(H,23,26). The number of hydrogen-bond donors (Lipinski definition) is 1. The van der Waals surface area contributed by atoms with Crippen LogP contribution in [0.25, 0.3) is 5.69 Å². The van der Waals surface area contributed by atoms with Crippen molar-refractivity contribution in [3.05, 3.63) is 90.7 Å². The summed E-state index contributed by atoms with van der Waals surface area (Å²) in [6.45, 7) is 0.400. The Bertz CT molecular complexity index is 1200. The molecule has 1 aromatic heterocycles. The average molecular weight is 444 g/mol. The van der Waals surface area contributed by atoms with Gasteiger partial charge in [-0.15, -0.1) is 0 Å². The summed E-state index contributed by atoms with van der Waals surface area (Å²) in [6, 6.07) is 11.8. The quantitative estimate of drug-likeness (QED) is 0.661. The minimum Gasteiger partial charge on any atom is -0.305 e. The molecule has 142 valence electrons. The lowest BCUT2D eigenvalue weighted by molar-refractivity contribution is 0.0984. The smallest absolute Gasteiger partial charge is 0.269 e. The second kappa shape index (κ2) is 7.20. The molecule has 1 aliphatic rings. The number of carbonyl (C=O) groups is 1. The van der Waals surface area contributed by atoms with Gasteiger partial charge in [-0.2, -0.15) is 0 Å². The SMILES string of the molecule is O=C(c1cccc(-n2[nH]c(=O)ccc2=O)c1)N1CCCc2cc(Br)cc(F)c21. The number of aromatic amines is 1. The van der Waals surface area contributed by atoms with E-state index in [-0.39, 0.29) is 11.6 Å². The molecule has 0 spiro atoms. The van der Waals surface area contributed by atoms with Gasteiger partial charge in [0, 0.05) is 28.7 Å². The molecule has 0 bridgehead atoms. The Balaban J connectivity index is 1.76. The van der Waals surface area contributed by atoms with Crippen molar-refractivity contribution in [3.63, 3.8) is 0 Å². The minimum absolute atomic E-state index is 0.287. The molecule has 0 fully saturated rings. The molecular weight excluding hydrogens is 429 g/mol. The van der Waals surface area contributed by atoms with E-state index < -0.39 is 16.9 Å².